The summed E-state index contributed by atoms with van der Waals surface area (Å²) < 4.78 is 0. The molecule has 0 atom stereocenters. The standard InChI is InChI=1S/3ClH.3FH.2Nd/h6*1H;;/q;;;;;;2*+3/p-6. The van der Waals surface area contributed by atoms with Crippen molar-refractivity contribution in [2.24, 2.45) is 0 Å². The van der Waals surface area contributed by atoms with E-state index in [2.05, 4.69) is 0 Å². The molecule has 8 heteroatoms. The molecule has 0 nitrogen and oxygen atoms in total. The summed E-state index contributed by atoms with van der Waals surface area (Å²) >= 11 is 0. The van der Waals surface area contributed by atoms with E-state index in [4.69, 9.17) is 0 Å². The number of rotatable bonds is 0. The Morgan fingerprint density at radius 2 is 0.375 bits per heavy atom. The molecular formula is Cl3F3Nd2. The molecule has 2 radical (unpaired) electrons. The molecule has 8 heavy (non-hydrogen) atoms. The van der Waals surface area contributed by atoms with Crippen LogP contribution < -0.4 is 51.3 Å². The molecule has 0 bridgehead atoms. The van der Waals surface area contributed by atoms with E-state index >= 15 is 0 Å². The zero-order valence-corrected chi connectivity index (χ0v) is 12.0. The third-order valence-electron chi connectivity index (χ3n) is 0. The first-order valence-electron chi connectivity index (χ1n) is 0. The van der Waals surface area contributed by atoms with Gasteiger partial charge in [0, 0.05) is 0 Å². The number of halogens is 6. The Hall–Kier alpha value is 3.36. The van der Waals surface area contributed by atoms with Gasteiger partial charge in [-0.25, -0.2) is 0 Å². The van der Waals surface area contributed by atoms with E-state index in [0.717, 1.165) is 0 Å². The largest absolute Gasteiger partial charge is 3.00 e. The van der Waals surface area contributed by atoms with Gasteiger partial charge < -0.3 is 51.3 Å². The van der Waals surface area contributed by atoms with Crippen LogP contribution in [0.25, 0.3) is 0 Å². The van der Waals surface area contributed by atoms with Crippen LogP contribution in [0.1, 0.15) is 0 Å². The first-order valence-corrected chi connectivity index (χ1v) is 0. The summed E-state index contributed by atoms with van der Waals surface area (Å²) in [6.45, 7) is 0. The van der Waals surface area contributed by atoms with Gasteiger partial charge in [0.15, 0.2) is 0 Å². The van der Waals surface area contributed by atoms with E-state index in [1.165, 1.54) is 0 Å². The summed E-state index contributed by atoms with van der Waals surface area (Å²) in [5.74, 6) is 0. The minimum atomic E-state index is 0. The van der Waals surface area contributed by atoms with Crippen molar-refractivity contribution in [3.05, 3.63) is 0 Å². The van der Waals surface area contributed by atoms with Crippen molar-refractivity contribution in [1.82, 2.24) is 0 Å². The molecule has 0 aromatic heterocycles. The average Bonchev–Trinajstić information content (AvgIpc) is 0. The van der Waals surface area contributed by atoms with Gasteiger partial charge in [-0.1, -0.05) is 0 Å². The second kappa shape index (κ2) is 80.4. The van der Waals surface area contributed by atoms with E-state index in [-0.39, 0.29) is 133 Å². The molecule has 0 unspecified atom stereocenters. The Labute approximate surface area is 130 Å². The van der Waals surface area contributed by atoms with Crippen LogP contribution in [0.5, 0.6) is 0 Å². The second-order valence-corrected chi connectivity index (χ2v) is 0. The molecule has 0 N–H and O–H groups in total. The molecule has 0 aliphatic carbocycles. The van der Waals surface area contributed by atoms with Crippen molar-refractivity contribution in [3.63, 3.8) is 0 Å². The summed E-state index contributed by atoms with van der Waals surface area (Å²) in [6.07, 6.45) is 0. The number of hydrogen-bond acceptors (Lipinski definition) is 0. The molecule has 0 rings (SSSR count). The van der Waals surface area contributed by atoms with Gasteiger partial charge in [-0.05, 0) is 0 Å². The quantitative estimate of drug-likeness (QED) is 0.343. The minimum absolute atomic E-state index is 0. The van der Waals surface area contributed by atoms with Crippen LogP contribution in [0, 0.1) is 81.7 Å². The van der Waals surface area contributed by atoms with Gasteiger partial charge in [0.1, 0.15) is 0 Å². The summed E-state index contributed by atoms with van der Waals surface area (Å²) in [6, 6.07) is 0. The monoisotopic (exact) mass is 446 g/mol. The summed E-state index contributed by atoms with van der Waals surface area (Å²) in [5.41, 5.74) is 0. The van der Waals surface area contributed by atoms with E-state index in [9.17, 15) is 0 Å². The summed E-state index contributed by atoms with van der Waals surface area (Å²) in [5, 5.41) is 0. The smallest absolute Gasteiger partial charge is 1.00 e. The fourth-order valence-corrected chi connectivity index (χ4v) is 0. The second-order valence-electron chi connectivity index (χ2n) is 0. The molecule has 0 heterocycles. The topological polar surface area (TPSA) is 0 Å². The first kappa shape index (κ1) is 108. The molecule has 0 aliphatic heterocycles. The molecule has 0 aliphatic rings. The first-order chi connectivity index (χ1) is 0. The van der Waals surface area contributed by atoms with E-state index in [0.29, 0.717) is 0 Å². The van der Waals surface area contributed by atoms with Gasteiger partial charge in [-0.3, -0.25) is 0 Å². The van der Waals surface area contributed by atoms with Gasteiger partial charge in [-0.2, -0.15) is 0 Å². The number of hydrogen-bond donors (Lipinski definition) is 0. The zero-order valence-electron chi connectivity index (χ0n) is 3.27. The Balaban J connectivity index is 0. The van der Waals surface area contributed by atoms with Crippen molar-refractivity contribution in [2.75, 3.05) is 0 Å². The maximum absolute atomic E-state index is 0. The fourth-order valence-electron chi connectivity index (χ4n) is 0. The van der Waals surface area contributed by atoms with E-state index < -0.39 is 0 Å². The van der Waals surface area contributed by atoms with Crippen molar-refractivity contribution < 1.29 is 133 Å². The van der Waals surface area contributed by atoms with Crippen LogP contribution in [-0.4, -0.2) is 0 Å². The van der Waals surface area contributed by atoms with Gasteiger partial charge in [0.05, 0.1) is 0 Å². The summed E-state index contributed by atoms with van der Waals surface area (Å²) in [7, 11) is 0. The average molecular weight is 452 g/mol. The van der Waals surface area contributed by atoms with E-state index in [1.54, 1.807) is 0 Å². The minimum Gasteiger partial charge on any atom is -1.00 e. The SMILES string of the molecule is [Cl-].[Cl-].[Cl-].[F-].[F-].[F-].[Nd+3].[Nd+3]. The van der Waals surface area contributed by atoms with Gasteiger partial charge in [0.25, 0.3) is 0 Å². The van der Waals surface area contributed by atoms with Crippen molar-refractivity contribution in [2.45, 2.75) is 0 Å². The predicted octanol–water partition coefficient (Wildman–Crippen LogP) is -18.0. The van der Waals surface area contributed by atoms with Gasteiger partial charge in [0.2, 0.25) is 0 Å². The van der Waals surface area contributed by atoms with Crippen LogP contribution in [0.3, 0.4) is 0 Å². The normalized spacial score (nSPS) is 0. The van der Waals surface area contributed by atoms with Crippen LogP contribution >= 0.6 is 0 Å². The maximum Gasteiger partial charge on any atom is 3.00 e. The van der Waals surface area contributed by atoms with Gasteiger partial charge >= 0.3 is 81.7 Å². The van der Waals surface area contributed by atoms with Crippen LogP contribution in [0.2, 0.25) is 0 Å². The molecule has 50 valence electrons. The Morgan fingerprint density at radius 1 is 0.375 bits per heavy atom. The molecular weight excluding hydrogens is 452 g/mol. The Kier molecular flexibility index (Phi) is 1080. The van der Waals surface area contributed by atoms with Crippen molar-refractivity contribution in [1.29, 1.82) is 0 Å². The third kappa shape index (κ3) is 57.9. The summed E-state index contributed by atoms with van der Waals surface area (Å²) in [4.78, 5) is 0. The van der Waals surface area contributed by atoms with Crippen molar-refractivity contribution >= 4 is 0 Å². The fraction of sp³-hybridized carbons (Fsp3) is 0. The van der Waals surface area contributed by atoms with Crippen LogP contribution in [0.15, 0.2) is 0 Å². The molecule has 0 saturated heterocycles. The Bertz CT molecular complexity index is 12.5. The maximum atomic E-state index is 0. The van der Waals surface area contributed by atoms with Crippen LogP contribution in [-0.2, 0) is 0 Å². The molecule has 0 aromatic rings. The van der Waals surface area contributed by atoms with Gasteiger partial charge in [-0.15, -0.1) is 0 Å². The molecule has 0 saturated carbocycles. The Morgan fingerprint density at radius 3 is 0.375 bits per heavy atom. The third-order valence-corrected chi connectivity index (χ3v) is 0. The molecule has 0 spiro atoms. The predicted molar refractivity (Wildman–Crippen MR) is 0 cm³/mol. The zero-order chi connectivity index (χ0) is 0. The molecule has 0 amide bonds. The van der Waals surface area contributed by atoms with Crippen LogP contribution in [0.4, 0.5) is 0 Å². The van der Waals surface area contributed by atoms with Crippen molar-refractivity contribution in [3.8, 4) is 0 Å². The molecule has 0 aromatic carbocycles. The van der Waals surface area contributed by atoms with E-state index in [1.807, 2.05) is 0 Å². The molecule has 0 fully saturated rings.